The van der Waals surface area contributed by atoms with Crippen LogP contribution in [0, 0.1) is 0 Å². The lowest BCUT2D eigenvalue weighted by Crippen LogP contribution is -2.15. The average Bonchev–Trinajstić information content (AvgIpc) is 3.12. The van der Waals surface area contributed by atoms with Gasteiger partial charge in [0.25, 0.3) is 0 Å². The van der Waals surface area contributed by atoms with Crippen LogP contribution in [0.1, 0.15) is 97.3 Å². The zero-order valence-corrected chi connectivity index (χ0v) is 31.6. The van der Waals surface area contributed by atoms with Crippen molar-refractivity contribution in [3.05, 3.63) is 0 Å². The Bertz CT molecular complexity index is 684. The van der Waals surface area contributed by atoms with Gasteiger partial charge in [-0.15, -0.1) is 0 Å². The van der Waals surface area contributed by atoms with Gasteiger partial charge in [-0.3, -0.25) is 9.59 Å². The van der Waals surface area contributed by atoms with Gasteiger partial charge >= 0.3 is 11.9 Å². The van der Waals surface area contributed by atoms with Gasteiger partial charge < -0.3 is 52.1 Å². The number of esters is 2. The Kier molecular flexibility index (Phi) is 42.5. The van der Waals surface area contributed by atoms with E-state index in [1.54, 1.807) is 0 Å². The first-order valence-corrected chi connectivity index (χ1v) is 19.2. The Labute approximate surface area is 302 Å². The van der Waals surface area contributed by atoms with Crippen LogP contribution >= 0.6 is 0 Å². The molecule has 13 heteroatoms. The molecule has 0 aromatic rings. The van der Waals surface area contributed by atoms with E-state index >= 15 is 0 Å². The van der Waals surface area contributed by atoms with Crippen LogP contribution in [-0.4, -0.2) is 144 Å². The number of hydrogen-bond donors (Lipinski definition) is 0. The summed E-state index contributed by atoms with van der Waals surface area (Å²) in [5.41, 5.74) is 0. The molecule has 0 rings (SSSR count). The van der Waals surface area contributed by atoms with E-state index in [2.05, 4.69) is 13.8 Å². The van der Waals surface area contributed by atoms with Gasteiger partial charge in [-0.05, 0) is 12.8 Å². The van der Waals surface area contributed by atoms with Crippen molar-refractivity contribution in [1.82, 2.24) is 0 Å². The number of unbranched alkanes of at least 4 members (excludes halogenated alkanes) is 9. The van der Waals surface area contributed by atoms with Crippen molar-refractivity contribution in [1.29, 1.82) is 0 Å². The van der Waals surface area contributed by atoms with E-state index in [4.69, 9.17) is 52.1 Å². The fraction of sp³-hybridized carbons (Fsp3) is 0.946. The van der Waals surface area contributed by atoms with Gasteiger partial charge in [0.05, 0.1) is 119 Å². The van der Waals surface area contributed by atoms with E-state index in [0.717, 1.165) is 38.5 Å². The zero-order valence-electron chi connectivity index (χ0n) is 31.6. The molecule has 0 saturated carbocycles. The summed E-state index contributed by atoms with van der Waals surface area (Å²) in [6.07, 6.45) is 13.5. The molecule has 0 aliphatic rings. The van der Waals surface area contributed by atoms with E-state index < -0.39 is 0 Å². The largest absolute Gasteiger partial charge is 0.463 e. The van der Waals surface area contributed by atoms with Gasteiger partial charge in [0, 0.05) is 12.8 Å². The minimum absolute atomic E-state index is 0.143. The monoisotopic (exact) mass is 724 g/mol. The fourth-order valence-corrected chi connectivity index (χ4v) is 4.36. The normalized spacial score (nSPS) is 11.3. The third kappa shape index (κ3) is 42.7. The average molecular weight is 725 g/mol. The molecule has 298 valence electrons. The number of rotatable bonds is 43. The molecule has 0 aromatic carbocycles. The van der Waals surface area contributed by atoms with Crippen LogP contribution in [0.15, 0.2) is 0 Å². The third-order valence-corrected chi connectivity index (χ3v) is 7.18. The Morgan fingerprint density at radius 2 is 0.480 bits per heavy atom. The second-order valence-electron chi connectivity index (χ2n) is 11.6. The second-order valence-corrected chi connectivity index (χ2v) is 11.6. The van der Waals surface area contributed by atoms with Crippen molar-refractivity contribution < 1.29 is 61.7 Å². The van der Waals surface area contributed by atoms with Gasteiger partial charge in [-0.1, -0.05) is 71.6 Å². The van der Waals surface area contributed by atoms with Crippen molar-refractivity contribution in [2.24, 2.45) is 0 Å². The van der Waals surface area contributed by atoms with Crippen LogP contribution in [0.3, 0.4) is 0 Å². The predicted molar refractivity (Wildman–Crippen MR) is 191 cm³/mol. The molecule has 13 nitrogen and oxygen atoms in total. The summed E-state index contributed by atoms with van der Waals surface area (Å²) in [6, 6.07) is 0. The molecule has 0 spiro atoms. The minimum Gasteiger partial charge on any atom is -0.463 e. The third-order valence-electron chi connectivity index (χ3n) is 7.18. The maximum Gasteiger partial charge on any atom is 0.305 e. The van der Waals surface area contributed by atoms with Crippen molar-refractivity contribution >= 4 is 11.9 Å². The summed E-state index contributed by atoms with van der Waals surface area (Å²) >= 11 is 0. The van der Waals surface area contributed by atoms with E-state index in [9.17, 15) is 9.59 Å². The van der Waals surface area contributed by atoms with Crippen molar-refractivity contribution in [3.63, 3.8) is 0 Å². The highest BCUT2D eigenvalue weighted by molar-refractivity contribution is 5.69. The SMILES string of the molecule is CCCCCCCCCC(=O)OCCOCCOCCOCCOCCOCCOCCOCCOCCOCCOC(=O)CCCCCC. The van der Waals surface area contributed by atoms with Gasteiger partial charge in [0.2, 0.25) is 0 Å². The maximum absolute atomic E-state index is 11.7. The Morgan fingerprint density at radius 3 is 0.740 bits per heavy atom. The Balaban J connectivity index is 3.13. The summed E-state index contributed by atoms with van der Waals surface area (Å²) in [4.78, 5) is 23.3. The van der Waals surface area contributed by atoms with Gasteiger partial charge in [-0.2, -0.15) is 0 Å². The zero-order chi connectivity index (χ0) is 36.3. The molecule has 0 aromatic heterocycles. The van der Waals surface area contributed by atoms with Gasteiger partial charge in [-0.25, -0.2) is 0 Å². The molecule has 0 aliphatic carbocycles. The highest BCUT2D eigenvalue weighted by Gasteiger charge is 2.04. The van der Waals surface area contributed by atoms with Gasteiger partial charge in [0.1, 0.15) is 13.2 Å². The number of carbonyl (C=O) groups is 2. The number of carbonyl (C=O) groups excluding carboxylic acids is 2. The van der Waals surface area contributed by atoms with Crippen LogP contribution in [-0.2, 0) is 61.7 Å². The highest BCUT2D eigenvalue weighted by atomic mass is 16.6. The molecule has 0 unspecified atom stereocenters. The topological polar surface area (TPSA) is 136 Å². The number of hydrogen-bond acceptors (Lipinski definition) is 13. The summed E-state index contributed by atoms with van der Waals surface area (Å²) in [5, 5.41) is 0. The Morgan fingerprint density at radius 1 is 0.280 bits per heavy atom. The molecule has 0 bridgehead atoms. The maximum atomic E-state index is 11.7. The van der Waals surface area contributed by atoms with Crippen molar-refractivity contribution in [2.75, 3.05) is 132 Å². The Hall–Kier alpha value is -1.42. The quantitative estimate of drug-likeness (QED) is 0.0593. The first-order chi connectivity index (χ1) is 24.7. The lowest BCUT2D eigenvalue weighted by atomic mass is 10.1. The number of ether oxygens (including phenoxy) is 11. The van der Waals surface area contributed by atoms with Crippen molar-refractivity contribution in [3.8, 4) is 0 Å². The van der Waals surface area contributed by atoms with E-state index in [0.29, 0.717) is 132 Å². The van der Waals surface area contributed by atoms with Crippen molar-refractivity contribution in [2.45, 2.75) is 97.3 Å². The molecular formula is C37H72O13. The molecule has 0 saturated heterocycles. The van der Waals surface area contributed by atoms with E-state index in [1.165, 1.54) is 32.1 Å². The summed E-state index contributed by atoms with van der Waals surface area (Å²) < 4.78 is 59.5. The summed E-state index contributed by atoms with van der Waals surface area (Å²) in [5.74, 6) is -0.297. The van der Waals surface area contributed by atoms with E-state index in [-0.39, 0.29) is 25.2 Å². The predicted octanol–water partition coefficient (Wildman–Crippen LogP) is 5.33. The molecule has 0 fully saturated rings. The first-order valence-electron chi connectivity index (χ1n) is 19.2. The molecule has 0 N–H and O–H groups in total. The van der Waals surface area contributed by atoms with Crippen LogP contribution in [0.5, 0.6) is 0 Å². The molecule has 0 amide bonds. The molecule has 0 heterocycles. The molecule has 0 aliphatic heterocycles. The van der Waals surface area contributed by atoms with E-state index in [1.807, 2.05) is 0 Å². The standard InChI is InChI=1S/C37H72O13/c1-3-5-7-9-10-11-13-15-37(39)50-35-33-48-31-29-46-27-25-44-23-21-42-19-17-40-16-18-41-20-22-43-24-26-45-28-30-47-32-34-49-36(38)14-12-8-6-4-2/h3-35H2,1-2H3. The smallest absolute Gasteiger partial charge is 0.305 e. The highest BCUT2D eigenvalue weighted by Crippen LogP contribution is 2.09. The van der Waals surface area contributed by atoms with Crippen LogP contribution in [0.2, 0.25) is 0 Å². The molecule has 0 radical (unpaired) electrons. The minimum atomic E-state index is -0.154. The molecule has 0 atom stereocenters. The lowest BCUT2D eigenvalue weighted by Gasteiger charge is -2.09. The molecule has 50 heavy (non-hydrogen) atoms. The lowest BCUT2D eigenvalue weighted by molar-refractivity contribution is -0.146. The first kappa shape index (κ1) is 48.6. The summed E-state index contributed by atoms with van der Waals surface area (Å²) in [7, 11) is 0. The summed E-state index contributed by atoms with van der Waals surface area (Å²) in [6.45, 7) is 13.4. The van der Waals surface area contributed by atoms with Gasteiger partial charge in [0.15, 0.2) is 0 Å². The van der Waals surface area contributed by atoms with Crippen LogP contribution in [0.4, 0.5) is 0 Å². The van der Waals surface area contributed by atoms with Crippen LogP contribution < -0.4 is 0 Å². The fourth-order valence-electron chi connectivity index (χ4n) is 4.36. The second kappa shape index (κ2) is 43.7. The molecular weight excluding hydrogens is 652 g/mol. The van der Waals surface area contributed by atoms with Crippen LogP contribution in [0.25, 0.3) is 0 Å².